The fraction of sp³-hybridized carbons (Fsp3) is 0.833. The highest BCUT2D eigenvalue weighted by Crippen LogP contribution is 2.15. The monoisotopic (exact) mass is 144 g/mol. The van der Waals surface area contributed by atoms with E-state index in [-0.39, 0.29) is 11.9 Å². The van der Waals surface area contributed by atoms with Gasteiger partial charge in [-0.15, -0.1) is 0 Å². The highest BCUT2D eigenvalue weighted by Gasteiger charge is 2.38. The van der Waals surface area contributed by atoms with Crippen molar-refractivity contribution in [2.75, 3.05) is 14.1 Å². The van der Waals surface area contributed by atoms with Gasteiger partial charge in [0.25, 0.3) is 5.91 Å². The molecule has 10 heavy (non-hydrogen) atoms. The Morgan fingerprint density at radius 1 is 1.50 bits per heavy atom. The van der Waals surface area contributed by atoms with Gasteiger partial charge in [-0.05, 0) is 6.92 Å². The molecule has 4 nitrogen and oxygen atoms in total. The van der Waals surface area contributed by atoms with Gasteiger partial charge in [-0.1, -0.05) is 0 Å². The Morgan fingerprint density at radius 2 is 2.00 bits per heavy atom. The van der Waals surface area contributed by atoms with E-state index in [2.05, 4.69) is 0 Å². The summed E-state index contributed by atoms with van der Waals surface area (Å²) in [5.74, 6) is -0.227. The number of aliphatic hydroxyl groups excluding tert-OH is 1. The van der Waals surface area contributed by atoms with Crippen LogP contribution in [0, 0.1) is 0 Å². The van der Waals surface area contributed by atoms with Crippen molar-refractivity contribution < 1.29 is 9.90 Å². The van der Waals surface area contributed by atoms with Crippen LogP contribution in [0.4, 0.5) is 0 Å². The number of rotatable bonds is 0. The van der Waals surface area contributed by atoms with Crippen LogP contribution in [0.25, 0.3) is 0 Å². The second-order valence-corrected chi connectivity index (χ2v) is 2.62. The van der Waals surface area contributed by atoms with Crippen molar-refractivity contribution in [3.8, 4) is 0 Å². The quantitative estimate of drug-likeness (QED) is 0.477. The molecule has 1 heterocycles. The maximum atomic E-state index is 11.0. The third-order valence-corrected chi connectivity index (χ3v) is 2.09. The molecule has 0 aromatic heterocycles. The molecule has 2 unspecified atom stereocenters. The molecule has 1 fully saturated rings. The SMILES string of the molecule is CC1C(O)C(=O)N(C)N1C. The van der Waals surface area contributed by atoms with Crippen LogP contribution >= 0.6 is 0 Å². The predicted octanol–water partition coefficient (Wildman–Crippen LogP) is -0.945. The van der Waals surface area contributed by atoms with Crippen LogP contribution in [-0.4, -0.2) is 47.3 Å². The van der Waals surface area contributed by atoms with Crippen LogP contribution in [0.15, 0.2) is 0 Å². The Balaban J connectivity index is 2.78. The zero-order valence-corrected chi connectivity index (χ0v) is 6.40. The van der Waals surface area contributed by atoms with Crippen molar-refractivity contribution in [3.05, 3.63) is 0 Å². The van der Waals surface area contributed by atoms with Crippen LogP contribution in [-0.2, 0) is 4.79 Å². The third kappa shape index (κ3) is 0.803. The molecule has 1 N–H and O–H groups in total. The number of hydrazine groups is 1. The van der Waals surface area contributed by atoms with E-state index in [9.17, 15) is 9.90 Å². The molecule has 0 saturated carbocycles. The smallest absolute Gasteiger partial charge is 0.267 e. The van der Waals surface area contributed by atoms with Gasteiger partial charge in [0.1, 0.15) is 0 Å². The maximum absolute atomic E-state index is 11.0. The van der Waals surface area contributed by atoms with Crippen molar-refractivity contribution in [1.82, 2.24) is 10.0 Å². The lowest BCUT2D eigenvalue weighted by Gasteiger charge is -2.21. The molecule has 1 rings (SSSR count). The molecular formula is C6H12N2O2. The largest absolute Gasteiger partial charge is 0.381 e. The molecule has 1 amide bonds. The number of amides is 1. The van der Waals surface area contributed by atoms with Gasteiger partial charge in [-0.3, -0.25) is 9.80 Å². The lowest BCUT2D eigenvalue weighted by atomic mass is 10.2. The Hall–Kier alpha value is -0.610. The van der Waals surface area contributed by atoms with Crippen molar-refractivity contribution in [2.24, 2.45) is 0 Å². The Bertz CT molecular complexity index is 144. The summed E-state index contributed by atoms with van der Waals surface area (Å²) in [6.07, 6.45) is -0.852. The minimum Gasteiger partial charge on any atom is -0.381 e. The fourth-order valence-corrected chi connectivity index (χ4v) is 1.03. The van der Waals surface area contributed by atoms with E-state index in [1.165, 1.54) is 5.01 Å². The number of hydrogen-bond acceptors (Lipinski definition) is 3. The number of nitrogens with zero attached hydrogens (tertiary/aromatic N) is 2. The minimum atomic E-state index is -0.852. The molecule has 1 saturated heterocycles. The van der Waals surface area contributed by atoms with Gasteiger partial charge in [0.15, 0.2) is 6.10 Å². The van der Waals surface area contributed by atoms with E-state index in [1.54, 1.807) is 19.1 Å². The molecule has 0 radical (unpaired) electrons. The van der Waals surface area contributed by atoms with Gasteiger partial charge in [-0.25, -0.2) is 5.01 Å². The van der Waals surface area contributed by atoms with E-state index >= 15 is 0 Å². The fourth-order valence-electron chi connectivity index (χ4n) is 1.03. The lowest BCUT2D eigenvalue weighted by molar-refractivity contribution is -0.138. The van der Waals surface area contributed by atoms with Crippen molar-refractivity contribution >= 4 is 5.91 Å². The molecule has 0 bridgehead atoms. The van der Waals surface area contributed by atoms with Gasteiger partial charge in [-0.2, -0.15) is 0 Å². The molecule has 4 heteroatoms. The Kier molecular flexibility index (Phi) is 1.66. The summed E-state index contributed by atoms with van der Waals surface area (Å²) in [5, 5.41) is 12.3. The van der Waals surface area contributed by atoms with E-state index < -0.39 is 6.10 Å². The summed E-state index contributed by atoms with van der Waals surface area (Å²) >= 11 is 0. The second-order valence-electron chi connectivity index (χ2n) is 2.62. The predicted molar refractivity (Wildman–Crippen MR) is 36.0 cm³/mol. The molecule has 0 aromatic rings. The van der Waals surface area contributed by atoms with Crippen LogP contribution in [0.2, 0.25) is 0 Å². The lowest BCUT2D eigenvalue weighted by Crippen LogP contribution is -2.35. The molecule has 58 valence electrons. The van der Waals surface area contributed by atoms with Crippen molar-refractivity contribution in [1.29, 1.82) is 0 Å². The summed E-state index contributed by atoms with van der Waals surface area (Å²) in [6, 6.07) is -0.0995. The molecule has 1 aliphatic rings. The molecule has 2 atom stereocenters. The maximum Gasteiger partial charge on any atom is 0.267 e. The first-order valence-corrected chi connectivity index (χ1v) is 3.24. The van der Waals surface area contributed by atoms with E-state index in [1.807, 2.05) is 6.92 Å². The van der Waals surface area contributed by atoms with E-state index in [0.29, 0.717) is 0 Å². The molecule has 1 aliphatic heterocycles. The number of aliphatic hydroxyl groups is 1. The average Bonchev–Trinajstić information content (AvgIpc) is 2.07. The molecule has 0 aromatic carbocycles. The Labute approximate surface area is 60.0 Å². The zero-order chi connectivity index (χ0) is 7.89. The summed E-state index contributed by atoms with van der Waals surface area (Å²) < 4.78 is 0. The number of likely N-dealkylation sites (N-methyl/N-ethyl adjacent to an activating group) is 2. The number of carbonyl (C=O) groups excluding carboxylic acids is 1. The highest BCUT2D eigenvalue weighted by atomic mass is 16.3. The summed E-state index contributed by atoms with van der Waals surface area (Å²) in [5.41, 5.74) is 0. The summed E-state index contributed by atoms with van der Waals surface area (Å²) in [4.78, 5) is 11.0. The highest BCUT2D eigenvalue weighted by molar-refractivity contribution is 5.82. The van der Waals surface area contributed by atoms with Crippen LogP contribution < -0.4 is 0 Å². The van der Waals surface area contributed by atoms with Crippen molar-refractivity contribution in [3.63, 3.8) is 0 Å². The Morgan fingerprint density at radius 3 is 2.10 bits per heavy atom. The minimum absolute atomic E-state index is 0.0995. The summed E-state index contributed by atoms with van der Waals surface area (Å²) in [6.45, 7) is 1.81. The van der Waals surface area contributed by atoms with E-state index in [4.69, 9.17) is 0 Å². The second kappa shape index (κ2) is 2.21. The standard InChI is InChI=1S/C6H12N2O2/c1-4-5(9)6(10)8(3)7(4)2/h4-5,9H,1-3H3. The average molecular weight is 144 g/mol. The number of carbonyl (C=O) groups is 1. The normalized spacial score (nSPS) is 35.6. The molecule has 0 spiro atoms. The number of hydrogen-bond donors (Lipinski definition) is 1. The summed E-state index contributed by atoms with van der Waals surface area (Å²) in [7, 11) is 3.42. The van der Waals surface area contributed by atoms with Gasteiger partial charge in [0, 0.05) is 14.1 Å². The molecular weight excluding hydrogens is 132 g/mol. The van der Waals surface area contributed by atoms with Gasteiger partial charge in [0.05, 0.1) is 6.04 Å². The van der Waals surface area contributed by atoms with Crippen LogP contribution in [0.3, 0.4) is 0 Å². The zero-order valence-electron chi connectivity index (χ0n) is 6.40. The van der Waals surface area contributed by atoms with Crippen LogP contribution in [0.1, 0.15) is 6.92 Å². The third-order valence-electron chi connectivity index (χ3n) is 2.09. The van der Waals surface area contributed by atoms with Crippen molar-refractivity contribution in [2.45, 2.75) is 19.1 Å². The van der Waals surface area contributed by atoms with Crippen LogP contribution in [0.5, 0.6) is 0 Å². The van der Waals surface area contributed by atoms with Gasteiger partial charge < -0.3 is 5.11 Å². The van der Waals surface area contributed by atoms with E-state index in [0.717, 1.165) is 0 Å². The molecule has 0 aliphatic carbocycles. The van der Waals surface area contributed by atoms with Gasteiger partial charge >= 0.3 is 0 Å². The first kappa shape index (κ1) is 7.50. The first-order valence-electron chi connectivity index (χ1n) is 3.24. The topological polar surface area (TPSA) is 43.8 Å². The first-order chi connectivity index (χ1) is 4.55. The van der Waals surface area contributed by atoms with Gasteiger partial charge in [0.2, 0.25) is 0 Å².